The zero-order valence-electron chi connectivity index (χ0n) is 16.2. The molecule has 1 unspecified atom stereocenters. The van der Waals surface area contributed by atoms with Crippen molar-refractivity contribution in [3.63, 3.8) is 0 Å². The zero-order chi connectivity index (χ0) is 19.8. The van der Waals surface area contributed by atoms with Gasteiger partial charge in [-0.1, -0.05) is 23.7 Å². The van der Waals surface area contributed by atoms with Gasteiger partial charge in [0, 0.05) is 30.2 Å². The molecule has 0 saturated carbocycles. The lowest BCUT2D eigenvalue weighted by Crippen LogP contribution is -2.42. The van der Waals surface area contributed by atoms with Crippen LogP contribution in [0.2, 0.25) is 5.02 Å². The highest BCUT2D eigenvalue weighted by Crippen LogP contribution is 2.38. The van der Waals surface area contributed by atoms with Gasteiger partial charge in [0.1, 0.15) is 6.33 Å². The summed E-state index contributed by atoms with van der Waals surface area (Å²) in [7, 11) is 0. The van der Waals surface area contributed by atoms with E-state index in [1.54, 1.807) is 23.3 Å². The van der Waals surface area contributed by atoms with E-state index in [9.17, 15) is 4.79 Å². The maximum absolute atomic E-state index is 13.0. The highest BCUT2D eigenvalue weighted by atomic mass is 35.5. The van der Waals surface area contributed by atoms with Crippen LogP contribution in [-0.4, -0.2) is 38.4 Å². The molecule has 0 spiro atoms. The second-order valence-corrected chi connectivity index (χ2v) is 8.37. The van der Waals surface area contributed by atoms with Crippen LogP contribution in [0, 0.1) is 5.92 Å². The van der Waals surface area contributed by atoms with Crippen LogP contribution in [0.1, 0.15) is 46.1 Å². The van der Waals surface area contributed by atoms with Gasteiger partial charge in [-0.05, 0) is 67.1 Å². The number of piperidine rings is 1. The molecule has 1 aliphatic carbocycles. The third-order valence-electron chi connectivity index (χ3n) is 6.17. The van der Waals surface area contributed by atoms with E-state index in [1.165, 1.54) is 16.7 Å². The molecule has 0 bridgehead atoms. The molecule has 6 heteroatoms. The van der Waals surface area contributed by atoms with Gasteiger partial charge >= 0.3 is 0 Å². The van der Waals surface area contributed by atoms with Crippen molar-refractivity contribution in [3.8, 4) is 0 Å². The number of imidazole rings is 1. The summed E-state index contributed by atoms with van der Waals surface area (Å²) in [5, 5.41) is 0.772. The Hall–Kier alpha value is -2.50. The number of hydrogen-bond acceptors (Lipinski definition) is 4. The number of rotatable bonds is 2. The molecule has 1 aliphatic heterocycles. The second kappa shape index (κ2) is 7.73. The summed E-state index contributed by atoms with van der Waals surface area (Å²) >= 11 is 6.31. The Morgan fingerprint density at radius 3 is 2.90 bits per heavy atom. The second-order valence-electron chi connectivity index (χ2n) is 7.94. The Balaban J connectivity index is 1.53. The summed E-state index contributed by atoms with van der Waals surface area (Å²) in [6.07, 6.45) is 10.7. The summed E-state index contributed by atoms with van der Waals surface area (Å²) in [6.45, 7) is 1.68. The minimum atomic E-state index is -0.0379. The molecule has 3 heterocycles. The fraction of sp³-hybridized carbons (Fsp3) is 0.348. The summed E-state index contributed by atoms with van der Waals surface area (Å²) in [6, 6.07) is 10.5. The maximum Gasteiger partial charge on any atom is 0.236 e. The van der Waals surface area contributed by atoms with Crippen LogP contribution in [0.4, 0.5) is 0 Å². The molecule has 5 rings (SSSR count). The predicted molar refractivity (Wildman–Crippen MR) is 112 cm³/mol. The first-order valence-corrected chi connectivity index (χ1v) is 10.6. The van der Waals surface area contributed by atoms with Gasteiger partial charge in [-0.15, -0.1) is 0 Å². The number of fused-ring (bicyclic) bond motifs is 2. The SMILES string of the molecule is O=C([C@H]1CCCN(C2c3ccc(Cl)cc3CCc3cccnc32)C1)n1ccnc1. The number of halogens is 1. The molecular formula is C23H23ClN4O. The van der Waals surface area contributed by atoms with Gasteiger partial charge in [0.15, 0.2) is 0 Å². The first-order valence-electron chi connectivity index (χ1n) is 10.2. The van der Waals surface area contributed by atoms with Crippen molar-refractivity contribution < 1.29 is 4.79 Å². The number of nitrogens with zero attached hydrogens (tertiary/aromatic N) is 4. The van der Waals surface area contributed by atoms with Gasteiger partial charge in [-0.2, -0.15) is 0 Å². The summed E-state index contributed by atoms with van der Waals surface area (Å²) < 4.78 is 1.61. The van der Waals surface area contributed by atoms with E-state index in [4.69, 9.17) is 16.6 Å². The van der Waals surface area contributed by atoms with Gasteiger partial charge in [-0.25, -0.2) is 4.98 Å². The Bertz CT molecular complexity index is 1030. The first-order chi connectivity index (χ1) is 14.2. The minimum Gasteiger partial charge on any atom is -0.290 e. The van der Waals surface area contributed by atoms with E-state index in [-0.39, 0.29) is 17.9 Å². The molecule has 1 aromatic carbocycles. The minimum absolute atomic E-state index is 0.0379. The van der Waals surface area contributed by atoms with Crippen LogP contribution in [0.25, 0.3) is 0 Å². The third kappa shape index (κ3) is 3.49. The zero-order valence-corrected chi connectivity index (χ0v) is 16.9. The largest absolute Gasteiger partial charge is 0.290 e. The van der Waals surface area contributed by atoms with E-state index < -0.39 is 0 Å². The predicted octanol–water partition coefficient (Wildman–Crippen LogP) is 4.17. The molecule has 3 aromatic rings. The van der Waals surface area contributed by atoms with Crippen LogP contribution >= 0.6 is 11.6 Å². The lowest BCUT2D eigenvalue weighted by Gasteiger charge is -2.38. The van der Waals surface area contributed by atoms with Gasteiger partial charge in [0.05, 0.1) is 17.7 Å². The number of aryl methyl sites for hydroxylation is 2. The average Bonchev–Trinajstić information content (AvgIpc) is 3.24. The fourth-order valence-corrected chi connectivity index (χ4v) is 4.99. The number of carbonyl (C=O) groups excluding carboxylic acids is 1. The van der Waals surface area contributed by atoms with E-state index in [1.807, 2.05) is 18.3 Å². The number of benzene rings is 1. The van der Waals surface area contributed by atoms with Gasteiger partial charge in [-0.3, -0.25) is 19.2 Å². The maximum atomic E-state index is 13.0. The van der Waals surface area contributed by atoms with Gasteiger partial charge in [0.25, 0.3) is 0 Å². The lowest BCUT2D eigenvalue weighted by molar-refractivity contribution is 0.0693. The number of hydrogen-bond donors (Lipinski definition) is 0. The monoisotopic (exact) mass is 406 g/mol. The quantitative estimate of drug-likeness (QED) is 0.640. The molecule has 5 nitrogen and oxygen atoms in total. The molecule has 29 heavy (non-hydrogen) atoms. The molecule has 2 aromatic heterocycles. The van der Waals surface area contributed by atoms with Crippen LogP contribution in [0.3, 0.4) is 0 Å². The Labute approximate surface area is 175 Å². The number of aromatic nitrogens is 3. The molecule has 148 valence electrons. The Morgan fingerprint density at radius 1 is 1.14 bits per heavy atom. The van der Waals surface area contributed by atoms with Gasteiger partial charge < -0.3 is 0 Å². The van der Waals surface area contributed by atoms with Crippen molar-refractivity contribution in [2.45, 2.75) is 31.7 Å². The van der Waals surface area contributed by atoms with Crippen LogP contribution in [0.5, 0.6) is 0 Å². The summed E-state index contributed by atoms with van der Waals surface area (Å²) in [4.78, 5) is 24.2. The van der Waals surface area contributed by atoms with E-state index in [0.29, 0.717) is 0 Å². The molecule has 2 aliphatic rings. The summed E-state index contributed by atoms with van der Waals surface area (Å²) in [5.41, 5.74) is 4.95. The van der Waals surface area contributed by atoms with Crippen molar-refractivity contribution in [3.05, 3.63) is 82.7 Å². The Morgan fingerprint density at radius 2 is 2.03 bits per heavy atom. The molecule has 0 radical (unpaired) electrons. The van der Waals surface area contributed by atoms with E-state index >= 15 is 0 Å². The number of carbonyl (C=O) groups is 1. The normalized spacial score (nSPS) is 21.8. The molecule has 1 saturated heterocycles. The average molecular weight is 407 g/mol. The molecule has 2 atom stereocenters. The van der Waals surface area contributed by atoms with Crippen molar-refractivity contribution in [2.24, 2.45) is 5.92 Å². The standard InChI is InChI=1S/C23H23ClN4O/c24-19-7-8-20-17(13-19)6-5-16-3-1-9-26-21(16)22(20)27-11-2-4-18(14-27)23(29)28-12-10-25-15-28/h1,3,7-10,12-13,15,18,22H,2,4-6,11,14H2/t18-,22?/m0/s1. The molecule has 0 amide bonds. The third-order valence-corrected chi connectivity index (χ3v) is 6.41. The molecule has 1 fully saturated rings. The number of pyridine rings is 1. The van der Waals surface area contributed by atoms with Crippen molar-refractivity contribution in [2.75, 3.05) is 13.1 Å². The fourth-order valence-electron chi connectivity index (χ4n) is 4.80. The highest BCUT2D eigenvalue weighted by Gasteiger charge is 2.35. The van der Waals surface area contributed by atoms with Crippen LogP contribution < -0.4 is 0 Å². The van der Waals surface area contributed by atoms with E-state index in [0.717, 1.165) is 49.5 Å². The number of likely N-dealkylation sites (tertiary alicyclic amines) is 1. The van der Waals surface area contributed by atoms with Crippen molar-refractivity contribution >= 4 is 17.5 Å². The van der Waals surface area contributed by atoms with Crippen molar-refractivity contribution in [1.29, 1.82) is 0 Å². The topological polar surface area (TPSA) is 51.0 Å². The molecule has 0 N–H and O–H groups in total. The smallest absolute Gasteiger partial charge is 0.236 e. The van der Waals surface area contributed by atoms with Crippen LogP contribution in [0.15, 0.2) is 55.2 Å². The highest BCUT2D eigenvalue weighted by molar-refractivity contribution is 6.30. The van der Waals surface area contributed by atoms with Gasteiger partial charge in [0.2, 0.25) is 5.91 Å². The summed E-state index contributed by atoms with van der Waals surface area (Å²) in [5.74, 6) is 0.0857. The lowest BCUT2D eigenvalue weighted by atomic mass is 9.91. The van der Waals surface area contributed by atoms with Crippen LogP contribution in [-0.2, 0) is 12.8 Å². The Kier molecular flexibility index (Phi) is 4.94. The first kappa shape index (κ1) is 18.5. The van der Waals surface area contributed by atoms with E-state index in [2.05, 4.69) is 28.1 Å². The van der Waals surface area contributed by atoms with Crippen molar-refractivity contribution in [1.82, 2.24) is 19.4 Å². The molecular weight excluding hydrogens is 384 g/mol.